The van der Waals surface area contributed by atoms with Gasteiger partial charge in [-0.05, 0) is 82.4 Å². The van der Waals surface area contributed by atoms with Crippen LogP contribution in [0.4, 0.5) is 0 Å². The van der Waals surface area contributed by atoms with Crippen LogP contribution in [-0.4, -0.2) is 23.3 Å². The van der Waals surface area contributed by atoms with E-state index in [1.807, 2.05) is 18.4 Å². The zero-order valence-corrected chi connectivity index (χ0v) is 32.2. The first-order valence-electron chi connectivity index (χ1n) is 19.2. The molecule has 8 aromatic carbocycles. The van der Waals surface area contributed by atoms with Crippen LogP contribution < -0.4 is 5.32 Å². The van der Waals surface area contributed by atoms with Crippen LogP contribution in [0.1, 0.15) is 16.7 Å². The Balaban J connectivity index is 1.07. The summed E-state index contributed by atoms with van der Waals surface area (Å²) in [5.74, 6) is 1.52. The van der Waals surface area contributed by atoms with Gasteiger partial charge in [0, 0.05) is 54.8 Å². The molecule has 0 fully saturated rings. The van der Waals surface area contributed by atoms with Crippen LogP contribution in [-0.2, 0) is 6.54 Å². The Labute approximate surface area is 335 Å². The number of para-hydroxylation sites is 2. The number of fused-ring (bicyclic) bond motifs is 6. The molecule has 0 unspecified atom stereocenters. The summed E-state index contributed by atoms with van der Waals surface area (Å²) >= 11 is 1.81. The number of amidine groups is 2. The Morgan fingerprint density at radius 1 is 0.474 bits per heavy atom. The number of rotatable bonds is 7. The molecule has 0 saturated heterocycles. The van der Waals surface area contributed by atoms with Crippen molar-refractivity contribution in [3.8, 4) is 27.9 Å². The molecule has 4 nitrogen and oxygen atoms in total. The standard InChI is InChI=1S/C52H38N4S/c1-53-51(41-31-39(36-16-4-2-5-17-36)30-40(32-41)37-18-6-3-7-19-37)55-52(38-27-28-46-45-23-10-13-26-49(45)57-50(46)33-38)54-34-35-15-14-20-42(29-35)56-47-24-11-8-21-43(47)44-22-9-12-25-48(44)56/h2-33H,34H2,1H3,(H,53,54,55). The predicted molar refractivity (Wildman–Crippen MR) is 243 cm³/mol. The summed E-state index contributed by atoms with van der Waals surface area (Å²) in [5, 5.41) is 8.78. The van der Waals surface area contributed by atoms with Crippen LogP contribution in [0.25, 0.3) is 69.9 Å². The smallest absolute Gasteiger partial charge is 0.134 e. The van der Waals surface area contributed by atoms with E-state index in [0.717, 1.165) is 56.3 Å². The molecule has 10 rings (SSSR count). The van der Waals surface area contributed by atoms with Crippen molar-refractivity contribution < 1.29 is 0 Å². The zero-order chi connectivity index (χ0) is 38.1. The van der Waals surface area contributed by atoms with Crippen molar-refractivity contribution >= 4 is 65.0 Å². The minimum Gasteiger partial charge on any atom is -0.325 e. The lowest BCUT2D eigenvalue weighted by atomic mass is 9.95. The highest BCUT2D eigenvalue weighted by atomic mass is 32.1. The molecule has 57 heavy (non-hydrogen) atoms. The third-order valence-corrected chi connectivity index (χ3v) is 11.8. The summed E-state index contributed by atoms with van der Waals surface area (Å²) in [7, 11) is 1.85. The van der Waals surface area contributed by atoms with Gasteiger partial charge in [0.05, 0.1) is 17.6 Å². The molecule has 0 bridgehead atoms. The van der Waals surface area contributed by atoms with E-state index in [4.69, 9.17) is 9.98 Å². The molecule has 5 heteroatoms. The van der Waals surface area contributed by atoms with Crippen molar-refractivity contribution in [1.82, 2.24) is 9.88 Å². The number of benzene rings is 8. The SMILES string of the molecule is CN=C(NC(=NCc1cccc(-n2c3ccccc3c3ccccc32)c1)c1ccc2c(c1)sc1ccccc12)c1cc(-c2ccccc2)cc(-c2ccccc2)c1. The minimum absolute atomic E-state index is 0.480. The molecule has 0 atom stereocenters. The highest BCUT2D eigenvalue weighted by Crippen LogP contribution is 2.35. The van der Waals surface area contributed by atoms with E-state index in [2.05, 4.69) is 204 Å². The summed E-state index contributed by atoms with van der Waals surface area (Å²) in [6.07, 6.45) is 0. The van der Waals surface area contributed by atoms with E-state index in [1.54, 1.807) is 0 Å². The van der Waals surface area contributed by atoms with E-state index < -0.39 is 0 Å². The molecular weight excluding hydrogens is 713 g/mol. The maximum Gasteiger partial charge on any atom is 0.134 e. The quantitative estimate of drug-likeness (QED) is 0.128. The van der Waals surface area contributed by atoms with Gasteiger partial charge >= 0.3 is 0 Å². The zero-order valence-electron chi connectivity index (χ0n) is 31.4. The number of hydrogen-bond acceptors (Lipinski definition) is 3. The fourth-order valence-corrected chi connectivity index (χ4v) is 9.11. The summed E-state index contributed by atoms with van der Waals surface area (Å²) < 4.78 is 4.86. The first-order valence-corrected chi connectivity index (χ1v) is 20.1. The third-order valence-electron chi connectivity index (χ3n) is 10.7. The molecule has 0 amide bonds. The predicted octanol–water partition coefficient (Wildman–Crippen LogP) is 13.1. The lowest BCUT2D eigenvalue weighted by Crippen LogP contribution is -2.32. The second-order valence-electron chi connectivity index (χ2n) is 14.2. The van der Waals surface area contributed by atoms with Crippen LogP contribution in [0.2, 0.25) is 0 Å². The van der Waals surface area contributed by atoms with Gasteiger partial charge < -0.3 is 9.88 Å². The van der Waals surface area contributed by atoms with E-state index in [0.29, 0.717) is 6.54 Å². The van der Waals surface area contributed by atoms with Gasteiger partial charge in [0.2, 0.25) is 0 Å². The monoisotopic (exact) mass is 750 g/mol. The van der Waals surface area contributed by atoms with E-state index in [1.165, 1.54) is 42.0 Å². The van der Waals surface area contributed by atoms with E-state index >= 15 is 0 Å². The van der Waals surface area contributed by atoms with Crippen molar-refractivity contribution in [2.45, 2.75) is 6.54 Å². The largest absolute Gasteiger partial charge is 0.325 e. The molecular formula is C52H38N4S. The highest BCUT2D eigenvalue weighted by Gasteiger charge is 2.16. The van der Waals surface area contributed by atoms with Gasteiger partial charge in [0.15, 0.2) is 0 Å². The molecule has 272 valence electrons. The van der Waals surface area contributed by atoms with Crippen LogP contribution >= 0.6 is 11.3 Å². The Bertz CT molecular complexity index is 3020. The molecule has 2 heterocycles. The number of nitrogens with one attached hydrogen (secondary N) is 1. The van der Waals surface area contributed by atoms with Gasteiger partial charge in [0.25, 0.3) is 0 Å². The molecule has 0 radical (unpaired) electrons. The number of hydrogen-bond donors (Lipinski definition) is 1. The molecule has 2 aromatic heterocycles. The normalized spacial score (nSPS) is 12.2. The molecule has 0 aliphatic heterocycles. The van der Waals surface area contributed by atoms with E-state index in [9.17, 15) is 0 Å². The fourth-order valence-electron chi connectivity index (χ4n) is 7.97. The number of nitrogens with zero attached hydrogens (tertiary/aromatic N) is 3. The van der Waals surface area contributed by atoms with Gasteiger partial charge in [0.1, 0.15) is 11.7 Å². The Kier molecular flexibility index (Phi) is 8.98. The first kappa shape index (κ1) is 34.4. The van der Waals surface area contributed by atoms with Crippen molar-refractivity contribution in [3.05, 3.63) is 211 Å². The Morgan fingerprint density at radius 2 is 1.07 bits per heavy atom. The van der Waals surface area contributed by atoms with Crippen LogP contribution in [0.3, 0.4) is 0 Å². The van der Waals surface area contributed by atoms with Crippen molar-refractivity contribution in [2.75, 3.05) is 7.05 Å². The van der Waals surface area contributed by atoms with Gasteiger partial charge in [-0.2, -0.15) is 0 Å². The van der Waals surface area contributed by atoms with Gasteiger partial charge in [-0.3, -0.25) is 9.98 Å². The highest BCUT2D eigenvalue weighted by molar-refractivity contribution is 7.25. The second kappa shape index (κ2) is 14.9. The summed E-state index contributed by atoms with van der Waals surface area (Å²) in [4.78, 5) is 10.2. The fraction of sp³-hybridized carbons (Fsp3) is 0.0385. The van der Waals surface area contributed by atoms with Crippen LogP contribution in [0, 0.1) is 0 Å². The maximum absolute atomic E-state index is 5.37. The Hall–Kier alpha value is -7.08. The molecule has 0 spiro atoms. The van der Waals surface area contributed by atoms with Gasteiger partial charge in [-0.15, -0.1) is 11.3 Å². The number of thiophene rings is 1. The van der Waals surface area contributed by atoms with Crippen molar-refractivity contribution in [1.29, 1.82) is 0 Å². The van der Waals surface area contributed by atoms with Crippen LogP contribution in [0.15, 0.2) is 204 Å². The average Bonchev–Trinajstić information content (AvgIpc) is 3.82. The van der Waals surface area contributed by atoms with Gasteiger partial charge in [-0.25, -0.2) is 0 Å². The second-order valence-corrected chi connectivity index (χ2v) is 15.3. The van der Waals surface area contributed by atoms with Gasteiger partial charge in [-0.1, -0.05) is 140 Å². The van der Waals surface area contributed by atoms with E-state index in [-0.39, 0.29) is 0 Å². The van der Waals surface area contributed by atoms with Crippen LogP contribution in [0.5, 0.6) is 0 Å². The van der Waals surface area contributed by atoms with Crippen molar-refractivity contribution in [2.24, 2.45) is 9.98 Å². The molecule has 1 N–H and O–H groups in total. The lowest BCUT2D eigenvalue weighted by Gasteiger charge is -2.16. The molecule has 0 aliphatic carbocycles. The maximum atomic E-state index is 5.37. The summed E-state index contributed by atoms with van der Waals surface area (Å²) in [6.45, 7) is 0.480. The lowest BCUT2D eigenvalue weighted by molar-refractivity contribution is 1.04. The summed E-state index contributed by atoms with van der Waals surface area (Å²) in [5.41, 5.74) is 11.2. The Morgan fingerprint density at radius 3 is 1.74 bits per heavy atom. The molecule has 0 saturated carbocycles. The average molecular weight is 751 g/mol. The number of aliphatic imine (C=N–C) groups is 2. The summed E-state index contributed by atoms with van der Waals surface area (Å²) in [6, 6.07) is 69.1. The molecule has 0 aliphatic rings. The minimum atomic E-state index is 0.480. The van der Waals surface area contributed by atoms with Crippen molar-refractivity contribution in [3.63, 3.8) is 0 Å². The topological polar surface area (TPSA) is 41.7 Å². The molecule has 10 aromatic rings. The third kappa shape index (κ3) is 6.58. The number of aromatic nitrogens is 1. The first-order chi connectivity index (χ1) is 28.2.